The molecule has 0 aliphatic carbocycles. The summed E-state index contributed by atoms with van der Waals surface area (Å²) in [4.78, 5) is 16.5. The van der Waals surface area contributed by atoms with Crippen molar-refractivity contribution < 1.29 is 9.53 Å². The molecule has 1 N–H and O–H groups in total. The number of ether oxygens (including phenoxy) is 1. The molecule has 2 fully saturated rings. The van der Waals surface area contributed by atoms with Gasteiger partial charge in [0, 0.05) is 51.7 Å². The minimum atomic E-state index is 0.103. The van der Waals surface area contributed by atoms with Gasteiger partial charge >= 0.3 is 0 Å². The summed E-state index contributed by atoms with van der Waals surface area (Å²) in [6, 6.07) is 0. The molecule has 0 radical (unpaired) electrons. The van der Waals surface area contributed by atoms with Gasteiger partial charge in [-0.1, -0.05) is 6.92 Å². The monoisotopic (exact) mass is 241 g/mol. The maximum atomic E-state index is 12.2. The fourth-order valence-corrected chi connectivity index (χ4v) is 2.45. The highest BCUT2D eigenvalue weighted by Gasteiger charge is 2.24. The van der Waals surface area contributed by atoms with Crippen molar-refractivity contribution in [3.05, 3.63) is 0 Å². The molecule has 0 aromatic rings. The van der Waals surface area contributed by atoms with Crippen molar-refractivity contribution in [1.29, 1.82) is 0 Å². The second kappa shape index (κ2) is 6.33. The van der Waals surface area contributed by atoms with Crippen molar-refractivity contribution in [2.75, 3.05) is 59.0 Å². The number of carbonyl (C=O) groups excluding carboxylic acids is 1. The first-order valence-electron chi connectivity index (χ1n) is 6.57. The number of carbonyl (C=O) groups is 1. The van der Waals surface area contributed by atoms with Gasteiger partial charge in [-0.2, -0.15) is 0 Å². The van der Waals surface area contributed by atoms with Gasteiger partial charge in [0.1, 0.15) is 0 Å². The van der Waals surface area contributed by atoms with Crippen LogP contribution in [-0.2, 0) is 9.53 Å². The summed E-state index contributed by atoms with van der Waals surface area (Å²) in [6.07, 6.45) is 0. The minimum Gasteiger partial charge on any atom is -0.379 e. The number of nitrogens with one attached hydrogen (secondary N) is 1. The number of amides is 1. The smallest absolute Gasteiger partial charge is 0.226 e. The Morgan fingerprint density at radius 2 is 1.88 bits per heavy atom. The molecule has 1 atom stereocenters. The molecule has 2 aliphatic rings. The number of hydrogen-bond acceptors (Lipinski definition) is 4. The van der Waals surface area contributed by atoms with E-state index < -0.39 is 0 Å². The van der Waals surface area contributed by atoms with Gasteiger partial charge < -0.3 is 15.0 Å². The zero-order chi connectivity index (χ0) is 12.1. The first kappa shape index (κ1) is 12.8. The quantitative estimate of drug-likeness (QED) is 0.716. The number of rotatable bonds is 3. The predicted molar refractivity (Wildman–Crippen MR) is 65.9 cm³/mol. The lowest BCUT2D eigenvalue weighted by Crippen LogP contribution is -2.50. The Hall–Kier alpha value is -0.650. The minimum absolute atomic E-state index is 0.103. The molecular weight excluding hydrogens is 218 g/mol. The molecule has 0 saturated carbocycles. The van der Waals surface area contributed by atoms with Gasteiger partial charge in [0.05, 0.1) is 13.2 Å². The number of hydrogen-bond donors (Lipinski definition) is 1. The molecule has 5 heteroatoms. The van der Waals surface area contributed by atoms with Crippen molar-refractivity contribution in [3.63, 3.8) is 0 Å². The molecule has 2 aliphatic heterocycles. The predicted octanol–water partition coefficient (Wildman–Crippen LogP) is -0.613. The van der Waals surface area contributed by atoms with E-state index in [1.165, 1.54) is 0 Å². The Bertz CT molecular complexity index is 248. The van der Waals surface area contributed by atoms with E-state index in [-0.39, 0.29) is 5.92 Å². The molecule has 0 aromatic carbocycles. The third kappa shape index (κ3) is 3.66. The molecule has 0 bridgehead atoms. The fourth-order valence-electron chi connectivity index (χ4n) is 2.45. The van der Waals surface area contributed by atoms with Crippen molar-refractivity contribution in [3.8, 4) is 0 Å². The van der Waals surface area contributed by atoms with E-state index in [1.54, 1.807) is 0 Å². The Morgan fingerprint density at radius 3 is 2.53 bits per heavy atom. The first-order valence-corrected chi connectivity index (χ1v) is 6.57. The van der Waals surface area contributed by atoms with Gasteiger partial charge in [-0.25, -0.2) is 0 Å². The van der Waals surface area contributed by atoms with E-state index in [1.807, 2.05) is 11.8 Å². The van der Waals surface area contributed by atoms with Crippen molar-refractivity contribution in [1.82, 2.24) is 15.1 Å². The lowest BCUT2D eigenvalue weighted by Gasteiger charge is -2.33. The molecule has 5 nitrogen and oxygen atoms in total. The SMILES string of the molecule is CC(CN1CCOCC1)C(=O)N1CCNCC1. The van der Waals surface area contributed by atoms with Crippen LogP contribution in [0.15, 0.2) is 0 Å². The summed E-state index contributed by atoms with van der Waals surface area (Å²) in [5.41, 5.74) is 0. The fraction of sp³-hybridized carbons (Fsp3) is 0.917. The van der Waals surface area contributed by atoms with Crippen LogP contribution >= 0.6 is 0 Å². The van der Waals surface area contributed by atoms with Gasteiger partial charge in [-0.05, 0) is 0 Å². The van der Waals surface area contributed by atoms with Crippen LogP contribution in [-0.4, -0.2) is 74.7 Å². The van der Waals surface area contributed by atoms with Crippen LogP contribution in [0.4, 0.5) is 0 Å². The summed E-state index contributed by atoms with van der Waals surface area (Å²) in [7, 11) is 0. The second-order valence-corrected chi connectivity index (χ2v) is 4.89. The third-order valence-corrected chi connectivity index (χ3v) is 3.49. The summed E-state index contributed by atoms with van der Waals surface area (Å²) < 4.78 is 5.31. The van der Waals surface area contributed by atoms with Crippen LogP contribution in [0.2, 0.25) is 0 Å². The summed E-state index contributed by atoms with van der Waals surface area (Å²) in [6.45, 7) is 9.98. The average molecular weight is 241 g/mol. The van der Waals surface area contributed by atoms with Gasteiger partial charge in [0.2, 0.25) is 5.91 Å². The van der Waals surface area contributed by atoms with Gasteiger partial charge in [-0.15, -0.1) is 0 Å². The molecule has 2 saturated heterocycles. The molecule has 17 heavy (non-hydrogen) atoms. The highest BCUT2D eigenvalue weighted by atomic mass is 16.5. The lowest BCUT2D eigenvalue weighted by molar-refractivity contribution is -0.136. The molecule has 98 valence electrons. The standard InChI is InChI=1S/C12H23N3O2/c1-11(10-14-6-8-17-9-7-14)12(16)15-4-2-13-3-5-15/h11,13H,2-10H2,1H3. The molecule has 2 heterocycles. The maximum Gasteiger partial charge on any atom is 0.226 e. The summed E-state index contributed by atoms with van der Waals surface area (Å²) >= 11 is 0. The van der Waals surface area contributed by atoms with Crippen LogP contribution in [0.1, 0.15) is 6.92 Å². The topological polar surface area (TPSA) is 44.8 Å². The zero-order valence-electron chi connectivity index (χ0n) is 10.7. The van der Waals surface area contributed by atoms with Gasteiger partial charge in [0.25, 0.3) is 0 Å². The van der Waals surface area contributed by atoms with E-state index in [0.717, 1.165) is 59.0 Å². The van der Waals surface area contributed by atoms with Crippen LogP contribution in [0.3, 0.4) is 0 Å². The Labute approximate surface area is 103 Å². The first-order chi connectivity index (χ1) is 8.27. The normalized spacial score (nSPS) is 24.6. The molecule has 1 amide bonds. The number of morpholine rings is 1. The van der Waals surface area contributed by atoms with Crippen LogP contribution < -0.4 is 5.32 Å². The number of nitrogens with zero attached hydrogens (tertiary/aromatic N) is 2. The van der Waals surface area contributed by atoms with Crippen LogP contribution in [0, 0.1) is 5.92 Å². The highest BCUT2D eigenvalue weighted by molar-refractivity contribution is 5.78. The Kier molecular flexibility index (Phi) is 4.76. The van der Waals surface area contributed by atoms with Gasteiger partial charge in [-0.3, -0.25) is 9.69 Å². The Balaban J connectivity index is 1.77. The van der Waals surface area contributed by atoms with E-state index >= 15 is 0 Å². The van der Waals surface area contributed by atoms with E-state index in [2.05, 4.69) is 10.2 Å². The number of piperazine rings is 1. The largest absolute Gasteiger partial charge is 0.379 e. The van der Waals surface area contributed by atoms with Crippen LogP contribution in [0.25, 0.3) is 0 Å². The molecular formula is C12H23N3O2. The summed E-state index contributed by atoms with van der Waals surface area (Å²) in [5.74, 6) is 0.407. The second-order valence-electron chi connectivity index (χ2n) is 4.89. The molecule has 0 spiro atoms. The van der Waals surface area contributed by atoms with Crippen molar-refractivity contribution in [2.24, 2.45) is 5.92 Å². The Morgan fingerprint density at radius 1 is 1.24 bits per heavy atom. The maximum absolute atomic E-state index is 12.2. The van der Waals surface area contributed by atoms with E-state index in [0.29, 0.717) is 5.91 Å². The van der Waals surface area contributed by atoms with E-state index in [4.69, 9.17) is 4.74 Å². The highest BCUT2D eigenvalue weighted by Crippen LogP contribution is 2.08. The van der Waals surface area contributed by atoms with E-state index in [9.17, 15) is 4.79 Å². The third-order valence-electron chi connectivity index (χ3n) is 3.49. The molecule has 2 rings (SSSR count). The lowest BCUT2D eigenvalue weighted by atomic mass is 10.1. The summed E-state index contributed by atoms with van der Waals surface area (Å²) in [5, 5.41) is 3.27. The zero-order valence-corrected chi connectivity index (χ0v) is 10.7. The van der Waals surface area contributed by atoms with Crippen LogP contribution in [0.5, 0.6) is 0 Å². The average Bonchev–Trinajstić information content (AvgIpc) is 2.40. The van der Waals surface area contributed by atoms with Crippen molar-refractivity contribution >= 4 is 5.91 Å². The van der Waals surface area contributed by atoms with Gasteiger partial charge in [0.15, 0.2) is 0 Å². The molecule has 1 unspecified atom stereocenters. The molecule has 0 aromatic heterocycles. The van der Waals surface area contributed by atoms with Crippen molar-refractivity contribution in [2.45, 2.75) is 6.92 Å².